The lowest BCUT2D eigenvalue weighted by Gasteiger charge is -2.42. The maximum Gasteiger partial charge on any atom is 0.214 e. The van der Waals surface area contributed by atoms with Gasteiger partial charge >= 0.3 is 0 Å². The third-order valence-electron chi connectivity index (χ3n) is 4.53. The zero-order valence-corrected chi connectivity index (χ0v) is 13.1. The van der Waals surface area contributed by atoms with Crippen LogP contribution in [0, 0.1) is 0 Å². The highest BCUT2D eigenvalue weighted by molar-refractivity contribution is 7.89. The van der Waals surface area contributed by atoms with E-state index in [9.17, 15) is 8.42 Å². The van der Waals surface area contributed by atoms with Gasteiger partial charge in [-0.25, -0.2) is 8.42 Å². The summed E-state index contributed by atoms with van der Waals surface area (Å²) in [6.45, 7) is 1.05. The van der Waals surface area contributed by atoms with Gasteiger partial charge in [0.05, 0.1) is 24.5 Å². The molecule has 1 saturated carbocycles. The van der Waals surface area contributed by atoms with Gasteiger partial charge in [-0.3, -0.25) is 0 Å². The predicted octanol–water partition coefficient (Wildman–Crippen LogP) is 2.20. The Morgan fingerprint density at radius 2 is 1.90 bits per heavy atom. The number of ether oxygens (including phenoxy) is 1. The molecule has 2 fully saturated rings. The van der Waals surface area contributed by atoms with E-state index in [1.165, 1.54) is 0 Å². The van der Waals surface area contributed by atoms with Crippen molar-refractivity contribution in [1.82, 2.24) is 4.31 Å². The predicted molar refractivity (Wildman–Crippen MR) is 82.6 cm³/mol. The van der Waals surface area contributed by atoms with Crippen LogP contribution >= 0.6 is 0 Å². The summed E-state index contributed by atoms with van der Waals surface area (Å²) in [5, 5.41) is 0. The third-order valence-corrected chi connectivity index (χ3v) is 6.42. The molecule has 0 bridgehead atoms. The quantitative estimate of drug-likeness (QED) is 0.856. The summed E-state index contributed by atoms with van der Waals surface area (Å²) in [6.07, 6.45) is 4.88. The molecule has 21 heavy (non-hydrogen) atoms. The van der Waals surface area contributed by atoms with Gasteiger partial charge in [-0.2, -0.15) is 4.31 Å². The van der Waals surface area contributed by atoms with Crippen molar-refractivity contribution in [3.63, 3.8) is 0 Å². The van der Waals surface area contributed by atoms with E-state index in [-0.39, 0.29) is 17.9 Å². The van der Waals surface area contributed by atoms with Crippen molar-refractivity contribution < 1.29 is 13.2 Å². The minimum atomic E-state index is -3.20. The molecule has 5 heteroatoms. The second-order valence-corrected chi connectivity index (χ2v) is 7.96. The first-order valence-corrected chi connectivity index (χ1v) is 9.43. The molecule has 2 aliphatic rings. The molecular formula is C16H23NO3S. The second kappa shape index (κ2) is 6.46. The van der Waals surface area contributed by atoms with Gasteiger partial charge in [0.15, 0.2) is 0 Å². The van der Waals surface area contributed by atoms with E-state index in [2.05, 4.69) is 0 Å². The molecule has 1 aliphatic carbocycles. The Hall–Kier alpha value is -0.910. The van der Waals surface area contributed by atoms with Gasteiger partial charge in [0, 0.05) is 6.54 Å². The van der Waals surface area contributed by atoms with E-state index in [4.69, 9.17) is 4.74 Å². The van der Waals surface area contributed by atoms with Crippen LogP contribution in [0.4, 0.5) is 0 Å². The van der Waals surface area contributed by atoms with Crippen molar-refractivity contribution in [3.8, 4) is 0 Å². The highest BCUT2D eigenvalue weighted by Gasteiger charge is 2.39. The topological polar surface area (TPSA) is 46.6 Å². The number of hydrogen-bond donors (Lipinski definition) is 0. The molecule has 0 amide bonds. The molecule has 0 aromatic heterocycles. The van der Waals surface area contributed by atoms with E-state index in [1.807, 2.05) is 30.3 Å². The molecule has 0 N–H and O–H groups in total. The van der Waals surface area contributed by atoms with Crippen molar-refractivity contribution in [1.29, 1.82) is 0 Å². The van der Waals surface area contributed by atoms with Gasteiger partial charge < -0.3 is 4.74 Å². The third kappa shape index (κ3) is 3.47. The van der Waals surface area contributed by atoms with Crippen LogP contribution in [0.5, 0.6) is 0 Å². The van der Waals surface area contributed by atoms with E-state index in [0.29, 0.717) is 19.6 Å². The minimum Gasteiger partial charge on any atom is -0.375 e. The van der Waals surface area contributed by atoms with Crippen molar-refractivity contribution in [2.75, 3.05) is 18.9 Å². The normalized spacial score (nSPS) is 27.2. The van der Waals surface area contributed by atoms with Crippen LogP contribution in [0.25, 0.3) is 0 Å². The number of rotatable bonds is 4. The van der Waals surface area contributed by atoms with Gasteiger partial charge in [0.2, 0.25) is 10.0 Å². The maximum atomic E-state index is 12.7. The molecule has 1 heterocycles. The number of sulfonamides is 1. The highest BCUT2D eigenvalue weighted by Crippen LogP contribution is 2.30. The molecule has 1 aliphatic heterocycles. The molecule has 3 rings (SSSR count). The molecule has 116 valence electrons. The Kier molecular flexibility index (Phi) is 4.62. The van der Waals surface area contributed by atoms with E-state index in [1.54, 1.807) is 4.31 Å². The summed E-state index contributed by atoms with van der Waals surface area (Å²) in [4.78, 5) is 0. The zero-order chi connectivity index (χ0) is 14.7. The fourth-order valence-corrected chi connectivity index (χ4v) is 5.15. The molecule has 0 unspecified atom stereocenters. The second-order valence-electron chi connectivity index (χ2n) is 5.92. The van der Waals surface area contributed by atoms with Gasteiger partial charge in [0.25, 0.3) is 0 Å². The molecule has 1 saturated heterocycles. The van der Waals surface area contributed by atoms with Crippen LogP contribution in [-0.4, -0.2) is 43.8 Å². The Morgan fingerprint density at radius 3 is 2.71 bits per heavy atom. The van der Waals surface area contributed by atoms with Crippen LogP contribution in [0.1, 0.15) is 31.2 Å². The summed E-state index contributed by atoms with van der Waals surface area (Å²) in [6, 6.07) is 9.89. The lowest BCUT2D eigenvalue weighted by Crippen LogP contribution is -2.55. The number of fused-ring (bicyclic) bond motifs is 1. The van der Waals surface area contributed by atoms with Gasteiger partial charge in [-0.15, -0.1) is 0 Å². The van der Waals surface area contributed by atoms with E-state index >= 15 is 0 Å². The summed E-state index contributed by atoms with van der Waals surface area (Å²) in [7, 11) is -3.20. The average molecular weight is 309 g/mol. The van der Waals surface area contributed by atoms with E-state index < -0.39 is 10.0 Å². The zero-order valence-electron chi connectivity index (χ0n) is 12.3. The molecule has 4 nitrogen and oxygen atoms in total. The maximum absolute atomic E-state index is 12.7. The minimum absolute atomic E-state index is 0.0632. The first kappa shape index (κ1) is 15.0. The van der Waals surface area contributed by atoms with Crippen LogP contribution < -0.4 is 0 Å². The average Bonchev–Trinajstić information content (AvgIpc) is 2.53. The van der Waals surface area contributed by atoms with Gasteiger partial charge in [-0.1, -0.05) is 43.2 Å². The largest absolute Gasteiger partial charge is 0.375 e. The summed E-state index contributed by atoms with van der Waals surface area (Å²) in [5.74, 6) is 0.195. The Labute approximate surface area is 127 Å². The molecule has 0 spiro atoms. The van der Waals surface area contributed by atoms with Crippen LogP contribution in [0.3, 0.4) is 0 Å². The molecule has 2 atom stereocenters. The van der Waals surface area contributed by atoms with Crippen molar-refractivity contribution in [2.24, 2.45) is 0 Å². The monoisotopic (exact) mass is 309 g/mol. The number of aryl methyl sites for hydroxylation is 1. The van der Waals surface area contributed by atoms with Gasteiger partial charge in [0.1, 0.15) is 0 Å². The van der Waals surface area contributed by atoms with Crippen LogP contribution in [0.2, 0.25) is 0 Å². The van der Waals surface area contributed by atoms with Crippen molar-refractivity contribution in [3.05, 3.63) is 35.9 Å². The highest BCUT2D eigenvalue weighted by atomic mass is 32.2. The van der Waals surface area contributed by atoms with Gasteiger partial charge in [-0.05, 0) is 24.8 Å². The fourth-order valence-electron chi connectivity index (χ4n) is 3.42. The van der Waals surface area contributed by atoms with Crippen molar-refractivity contribution >= 4 is 10.0 Å². The molecule has 1 aromatic carbocycles. The van der Waals surface area contributed by atoms with E-state index in [0.717, 1.165) is 31.2 Å². The smallest absolute Gasteiger partial charge is 0.214 e. The molecular weight excluding hydrogens is 286 g/mol. The Bertz CT molecular complexity index is 556. The Morgan fingerprint density at radius 1 is 1.14 bits per heavy atom. The van der Waals surface area contributed by atoms with Crippen LogP contribution in [0.15, 0.2) is 30.3 Å². The SMILES string of the molecule is O=S(=O)(CCc1ccccc1)N1CCO[C@@H]2CCCC[C@H]21. The number of nitrogens with zero attached hydrogens (tertiary/aromatic N) is 1. The lowest BCUT2D eigenvalue weighted by atomic mass is 9.91. The fraction of sp³-hybridized carbons (Fsp3) is 0.625. The number of hydrogen-bond acceptors (Lipinski definition) is 3. The number of benzene rings is 1. The van der Waals surface area contributed by atoms with Crippen molar-refractivity contribution in [2.45, 2.75) is 44.2 Å². The Balaban J connectivity index is 1.68. The van der Waals surface area contributed by atoms with Crippen LogP contribution in [-0.2, 0) is 21.2 Å². The molecule has 0 radical (unpaired) electrons. The first-order valence-electron chi connectivity index (χ1n) is 7.82. The summed E-state index contributed by atoms with van der Waals surface area (Å²) < 4.78 is 32.9. The summed E-state index contributed by atoms with van der Waals surface area (Å²) >= 11 is 0. The molecule has 1 aromatic rings. The first-order chi connectivity index (χ1) is 10.2. The lowest BCUT2D eigenvalue weighted by molar-refractivity contribution is -0.0585. The standard InChI is InChI=1S/C16H23NO3S/c18-21(19,13-10-14-6-2-1-3-7-14)17-11-12-20-16-9-5-4-8-15(16)17/h1-3,6-7,15-16H,4-5,8-13H2/t15-,16-/m1/s1. The summed E-state index contributed by atoms with van der Waals surface area (Å²) in [5.41, 5.74) is 1.08. The number of morpholine rings is 1.